The van der Waals surface area contributed by atoms with Crippen LogP contribution in [-0.2, 0) is 22.6 Å². The van der Waals surface area contributed by atoms with Crippen LogP contribution in [0.5, 0.6) is 5.75 Å². The van der Waals surface area contributed by atoms with Crippen molar-refractivity contribution in [2.24, 2.45) is 0 Å². The zero-order valence-corrected chi connectivity index (χ0v) is 23.3. The average molecular weight is 542 g/mol. The van der Waals surface area contributed by atoms with Crippen LogP contribution >= 0.6 is 23.2 Å². The topological polar surface area (TPSA) is 58.6 Å². The first kappa shape index (κ1) is 28.5. The fraction of sp³-hybridized carbons (Fsp3) is 0.333. The molecule has 0 radical (unpaired) electrons. The van der Waals surface area contributed by atoms with Crippen molar-refractivity contribution in [3.63, 3.8) is 0 Å². The first-order valence-electron chi connectivity index (χ1n) is 12.5. The quantitative estimate of drug-likeness (QED) is 0.300. The Bertz CT molecular complexity index is 1220. The minimum atomic E-state index is -0.765. The van der Waals surface area contributed by atoms with Gasteiger partial charge in [0.15, 0.2) is 6.61 Å². The number of nitrogens with zero attached hydrogens (tertiary/aromatic N) is 1. The molecule has 1 N–H and O–H groups in total. The Labute approximate surface area is 229 Å². The molecule has 0 aliphatic rings. The van der Waals surface area contributed by atoms with E-state index in [1.54, 1.807) is 23.1 Å². The molecule has 0 aliphatic carbocycles. The third-order valence-electron chi connectivity index (χ3n) is 6.47. The first-order chi connectivity index (χ1) is 17.7. The molecule has 5 nitrogen and oxygen atoms in total. The van der Waals surface area contributed by atoms with Crippen LogP contribution in [0.4, 0.5) is 0 Å². The summed E-state index contributed by atoms with van der Waals surface area (Å²) in [4.78, 5) is 28.8. The Morgan fingerprint density at radius 2 is 1.70 bits per heavy atom. The van der Waals surface area contributed by atoms with Crippen molar-refractivity contribution in [1.82, 2.24) is 10.2 Å². The summed E-state index contributed by atoms with van der Waals surface area (Å²) in [5.41, 5.74) is 3.86. The van der Waals surface area contributed by atoms with E-state index in [9.17, 15) is 9.59 Å². The van der Waals surface area contributed by atoms with E-state index in [0.717, 1.165) is 23.1 Å². The van der Waals surface area contributed by atoms with Gasteiger partial charge in [0.05, 0.1) is 0 Å². The smallest absolute Gasteiger partial charge is 0.261 e. The standard InChI is InChI=1S/C30H34Cl2N2O3/c1-5-22(4)33-30(36)28(16-23-9-7-6-8-10-23)34(18-24-12-13-25(31)17-27(24)32)29(35)19-37-26-14-11-20(2)21(3)15-26/h6-15,17,22,28H,5,16,18-19H2,1-4H3,(H,33,36)/t22-,28+/m1/s1. The van der Waals surface area contributed by atoms with E-state index < -0.39 is 6.04 Å². The van der Waals surface area contributed by atoms with E-state index in [0.29, 0.717) is 27.8 Å². The van der Waals surface area contributed by atoms with E-state index >= 15 is 0 Å². The molecule has 37 heavy (non-hydrogen) atoms. The number of carbonyl (C=O) groups is 2. The second-order valence-electron chi connectivity index (χ2n) is 9.32. The predicted octanol–water partition coefficient (Wildman–Crippen LogP) is 6.54. The van der Waals surface area contributed by atoms with Crippen LogP contribution in [0.15, 0.2) is 66.7 Å². The molecule has 0 fully saturated rings. The van der Waals surface area contributed by atoms with Crippen molar-refractivity contribution in [2.45, 2.75) is 59.2 Å². The molecule has 0 aromatic heterocycles. The fourth-order valence-corrected chi connectivity index (χ4v) is 4.33. The highest BCUT2D eigenvalue weighted by Crippen LogP contribution is 2.24. The number of nitrogens with one attached hydrogen (secondary N) is 1. The number of rotatable bonds is 11. The lowest BCUT2D eigenvalue weighted by atomic mass is 10.0. The number of halogens is 2. The Balaban J connectivity index is 1.94. The summed E-state index contributed by atoms with van der Waals surface area (Å²) in [5.74, 6) is 0.0666. The summed E-state index contributed by atoms with van der Waals surface area (Å²) in [6.07, 6.45) is 1.13. The number of hydrogen-bond donors (Lipinski definition) is 1. The second kappa shape index (κ2) is 13.5. The highest BCUT2D eigenvalue weighted by Gasteiger charge is 2.31. The zero-order chi connectivity index (χ0) is 26.9. The van der Waals surface area contributed by atoms with Crippen molar-refractivity contribution in [1.29, 1.82) is 0 Å². The van der Waals surface area contributed by atoms with Crippen molar-refractivity contribution >= 4 is 35.0 Å². The largest absolute Gasteiger partial charge is 0.484 e. The van der Waals surface area contributed by atoms with Crippen molar-refractivity contribution < 1.29 is 14.3 Å². The molecule has 0 unspecified atom stereocenters. The van der Waals surface area contributed by atoms with Crippen LogP contribution in [-0.4, -0.2) is 35.4 Å². The van der Waals surface area contributed by atoms with Gasteiger partial charge in [0, 0.05) is 29.1 Å². The SMILES string of the molecule is CC[C@@H](C)NC(=O)[C@H](Cc1ccccc1)N(Cc1ccc(Cl)cc1Cl)C(=O)COc1ccc(C)c(C)c1. The number of hydrogen-bond acceptors (Lipinski definition) is 3. The molecule has 2 atom stereocenters. The average Bonchev–Trinajstić information content (AvgIpc) is 2.88. The molecule has 2 amide bonds. The molecular formula is C30H34Cl2N2O3. The number of benzene rings is 3. The molecule has 0 saturated heterocycles. The minimum absolute atomic E-state index is 0.0337. The van der Waals surface area contributed by atoms with Crippen LogP contribution in [0.2, 0.25) is 10.0 Å². The first-order valence-corrected chi connectivity index (χ1v) is 13.2. The van der Waals surface area contributed by atoms with E-state index in [2.05, 4.69) is 5.32 Å². The van der Waals surface area contributed by atoms with Gasteiger partial charge in [-0.15, -0.1) is 0 Å². The molecule has 0 saturated carbocycles. The normalized spacial score (nSPS) is 12.5. The molecule has 7 heteroatoms. The van der Waals surface area contributed by atoms with E-state index in [1.807, 2.05) is 76.2 Å². The van der Waals surface area contributed by atoms with E-state index in [-0.39, 0.29) is 31.0 Å². The summed E-state index contributed by atoms with van der Waals surface area (Å²) in [6, 6.07) is 19.7. The Morgan fingerprint density at radius 3 is 2.35 bits per heavy atom. The maximum atomic E-state index is 13.7. The zero-order valence-electron chi connectivity index (χ0n) is 21.8. The van der Waals surface area contributed by atoms with Crippen molar-refractivity contribution in [2.75, 3.05) is 6.61 Å². The maximum Gasteiger partial charge on any atom is 0.261 e. The van der Waals surface area contributed by atoms with Gasteiger partial charge in [-0.3, -0.25) is 9.59 Å². The predicted molar refractivity (Wildman–Crippen MR) is 150 cm³/mol. The summed E-state index contributed by atoms with van der Waals surface area (Å²) in [5, 5.41) is 3.99. The van der Waals surface area contributed by atoms with Gasteiger partial charge in [0.25, 0.3) is 5.91 Å². The fourth-order valence-electron chi connectivity index (χ4n) is 3.86. The Hall–Kier alpha value is -3.02. The summed E-state index contributed by atoms with van der Waals surface area (Å²) < 4.78 is 5.88. The van der Waals surface area contributed by atoms with Crippen LogP contribution in [0.25, 0.3) is 0 Å². The number of aryl methyl sites for hydroxylation is 2. The van der Waals surface area contributed by atoms with E-state index in [1.165, 1.54) is 0 Å². The van der Waals surface area contributed by atoms with Gasteiger partial charge in [-0.25, -0.2) is 0 Å². The van der Waals surface area contributed by atoms with Gasteiger partial charge in [0.2, 0.25) is 5.91 Å². The lowest BCUT2D eigenvalue weighted by Crippen LogP contribution is -2.53. The van der Waals surface area contributed by atoms with Gasteiger partial charge < -0.3 is 15.0 Å². The van der Waals surface area contributed by atoms with Gasteiger partial charge in [-0.05, 0) is 73.7 Å². The lowest BCUT2D eigenvalue weighted by Gasteiger charge is -2.32. The molecular weight excluding hydrogens is 507 g/mol. The van der Waals surface area contributed by atoms with Crippen LogP contribution in [0.1, 0.15) is 42.5 Å². The number of ether oxygens (including phenoxy) is 1. The third kappa shape index (κ3) is 8.24. The molecule has 0 aliphatic heterocycles. The van der Waals surface area contributed by atoms with Crippen LogP contribution < -0.4 is 10.1 Å². The van der Waals surface area contributed by atoms with Crippen LogP contribution in [0, 0.1) is 13.8 Å². The monoisotopic (exact) mass is 540 g/mol. The molecule has 3 aromatic rings. The Kier molecular flexibility index (Phi) is 10.4. The summed E-state index contributed by atoms with van der Waals surface area (Å²) in [7, 11) is 0. The van der Waals surface area contributed by atoms with Crippen molar-refractivity contribution in [3.05, 3.63) is 99.0 Å². The Morgan fingerprint density at radius 1 is 0.973 bits per heavy atom. The highest BCUT2D eigenvalue weighted by molar-refractivity contribution is 6.35. The van der Waals surface area contributed by atoms with Crippen LogP contribution in [0.3, 0.4) is 0 Å². The van der Waals surface area contributed by atoms with Gasteiger partial charge in [0.1, 0.15) is 11.8 Å². The molecule has 196 valence electrons. The summed E-state index contributed by atoms with van der Waals surface area (Å²) in [6.45, 7) is 7.89. The molecule has 3 rings (SSSR count). The van der Waals surface area contributed by atoms with Gasteiger partial charge >= 0.3 is 0 Å². The van der Waals surface area contributed by atoms with Gasteiger partial charge in [-0.1, -0.05) is 72.6 Å². The van der Waals surface area contributed by atoms with E-state index in [4.69, 9.17) is 27.9 Å². The third-order valence-corrected chi connectivity index (χ3v) is 7.06. The number of carbonyl (C=O) groups excluding carboxylic acids is 2. The summed E-state index contributed by atoms with van der Waals surface area (Å²) >= 11 is 12.6. The second-order valence-corrected chi connectivity index (χ2v) is 10.2. The molecule has 3 aromatic carbocycles. The molecule has 0 heterocycles. The number of amides is 2. The van der Waals surface area contributed by atoms with Crippen molar-refractivity contribution in [3.8, 4) is 5.75 Å². The molecule has 0 bridgehead atoms. The minimum Gasteiger partial charge on any atom is -0.484 e. The highest BCUT2D eigenvalue weighted by atomic mass is 35.5. The maximum absolute atomic E-state index is 13.7. The molecule has 0 spiro atoms. The van der Waals surface area contributed by atoms with Gasteiger partial charge in [-0.2, -0.15) is 0 Å². The lowest BCUT2D eigenvalue weighted by molar-refractivity contribution is -0.143.